The fourth-order valence-corrected chi connectivity index (χ4v) is 0.395. The van der Waals surface area contributed by atoms with Gasteiger partial charge in [-0.1, -0.05) is 0 Å². The molecule has 1 aliphatic heterocycles. The van der Waals surface area contributed by atoms with E-state index in [1.807, 2.05) is 0 Å². The first kappa shape index (κ1) is 4.52. The van der Waals surface area contributed by atoms with Crippen LogP contribution in [0.1, 0.15) is 6.92 Å². The average molecular weight is 103 g/mol. The number of hydrogen-bond donors (Lipinski definition) is 2. The van der Waals surface area contributed by atoms with Gasteiger partial charge in [0, 0.05) is 0 Å². The van der Waals surface area contributed by atoms with Gasteiger partial charge in [-0.3, -0.25) is 5.41 Å². The van der Waals surface area contributed by atoms with Crippen molar-refractivity contribution >= 4 is 6.09 Å². The molecule has 7 heavy (non-hydrogen) atoms. The highest BCUT2D eigenvalue weighted by Gasteiger charge is 2.30. The van der Waals surface area contributed by atoms with Crippen LogP contribution in [0.25, 0.3) is 0 Å². The van der Waals surface area contributed by atoms with E-state index in [1.165, 1.54) is 0 Å². The second kappa shape index (κ2) is 1.16. The molecule has 0 aromatic rings. The summed E-state index contributed by atoms with van der Waals surface area (Å²) in [5.41, 5.74) is 2.56. The molecule has 40 valence electrons. The minimum absolute atomic E-state index is 0.0255. The molecule has 0 saturated carbocycles. The monoisotopic (exact) mass is 103 g/mol. The van der Waals surface area contributed by atoms with Crippen molar-refractivity contribution in [1.82, 2.24) is 10.4 Å². The minimum atomic E-state index is -0.910. The van der Waals surface area contributed by atoms with Crippen LogP contribution in [0, 0.1) is 5.41 Å². The molecule has 0 spiro atoms. The van der Waals surface area contributed by atoms with E-state index in [0.717, 1.165) is 5.01 Å². The van der Waals surface area contributed by atoms with Crippen molar-refractivity contribution in [3.05, 3.63) is 0 Å². The van der Waals surface area contributed by atoms with Crippen molar-refractivity contribution in [3.63, 3.8) is 0 Å². The summed E-state index contributed by atoms with van der Waals surface area (Å²) in [6, 6.07) is 0. The van der Waals surface area contributed by atoms with E-state index in [2.05, 4.69) is 5.43 Å². The van der Waals surface area contributed by atoms with Crippen molar-refractivity contribution in [2.24, 2.45) is 0 Å². The Morgan fingerprint density at radius 2 is 2.43 bits per heavy atom. The Balaban J connectivity index is 2.33. The van der Waals surface area contributed by atoms with Gasteiger partial charge in [-0.25, -0.2) is 10.4 Å². The van der Waals surface area contributed by atoms with Crippen LogP contribution in [-0.2, 0) is 0 Å². The third kappa shape index (κ3) is 0.691. The predicted molar refractivity (Wildman–Crippen MR) is 23.3 cm³/mol. The highest BCUT2D eigenvalue weighted by molar-refractivity contribution is 5.70. The molecule has 0 aromatic heterocycles. The maximum Gasteiger partial charge on any atom is 0.293 e. The lowest BCUT2D eigenvalue weighted by Gasteiger charge is -1.85. The van der Waals surface area contributed by atoms with Gasteiger partial charge >= 0.3 is 0 Å². The standard InChI is InChI=1S/C3H6FN3/c1-2-6-7(2)3(4)5/h2,5-6H,1H3. The molecule has 0 aromatic carbocycles. The van der Waals surface area contributed by atoms with Crippen LogP contribution in [0.15, 0.2) is 0 Å². The third-order valence-electron chi connectivity index (χ3n) is 0.857. The largest absolute Gasteiger partial charge is 0.293 e. The third-order valence-corrected chi connectivity index (χ3v) is 0.857. The number of halogens is 1. The first-order chi connectivity index (χ1) is 3.22. The Morgan fingerprint density at radius 1 is 2.00 bits per heavy atom. The van der Waals surface area contributed by atoms with Crippen molar-refractivity contribution in [2.45, 2.75) is 13.1 Å². The van der Waals surface area contributed by atoms with Crippen LogP contribution in [0.4, 0.5) is 4.39 Å². The molecule has 4 heteroatoms. The summed E-state index contributed by atoms with van der Waals surface area (Å²) in [6.07, 6.45) is -0.884. The lowest BCUT2D eigenvalue weighted by molar-refractivity contribution is 0.589. The van der Waals surface area contributed by atoms with Gasteiger partial charge in [-0.2, -0.15) is 4.39 Å². The molecule has 0 aliphatic carbocycles. The Bertz CT molecular complexity index is 102. The summed E-state index contributed by atoms with van der Waals surface area (Å²) in [7, 11) is 0. The number of nitrogens with zero attached hydrogens (tertiary/aromatic N) is 1. The molecular weight excluding hydrogens is 97.1 g/mol. The van der Waals surface area contributed by atoms with Crippen LogP contribution in [-0.4, -0.2) is 17.3 Å². The summed E-state index contributed by atoms with van der Waals surface area (Å²) in [6.45, 7) is 1.77. The van der Waals surface area contributed by atoms with Crippen LogP contribution < -0.4 is 5.43 Å². The molecule has 0 radical (unpaired) electrons. The normalized spacial score (nSPS) is 27.7. The van der Waals surface area contributed by atoms with Crippen LogP contribution >= 0.6 is 0 Å². The van der Waals surface area contributed by atoms with Crippen molar-refractivity contribution in [1.29, 1.82) is 5.41 Å². The average Bonchev–Trinajstić information content (AvgIpc) is 2.17. The van der Waals surface area contributed by atoms with E-state index < -0.39 is 6.09 Å². The van der Waals surface area contributed by atoms with Gasteiger partial charge in [0.05, 0.1) is 0 Å². The van der Waals surface area contributed by atoms with Gasteiger partial charge in [0.15, 0.2) is 0 Å². The number of nitrogens with one attached hydrogen (secondary N) is 2. The number of amidine groups is 1. The summed E-state index contributed by atoms with van der Waals surface area (Å²) >= 11 is 0. The number of hydrazine groups is 1. The lowest BCUT2D eigenvalue weighted by atomic mass is 10.7. The van der Waals surface area contributed by atoms with Crippen molar-refractivity contribution in [3.8, 4) is 0 Å². The Morgan fingerprint density at radius 3 is 2.43 bits per heavy atom. The first-order valence-electron chi connectivity index (χ1n) is 2.01. The van der Waals surface area contributed by atoms with E-state index in [-0.39, 0.29) is 6.17 Å². The molecule has 2 N–H and O–H groups in total. The Kier molecular flexibility index (Phi) is 0.751. The zero-order chi connectivity index (χ0) is 5.44. The van der Waals surface area contributed by atoms with Gasteiger partial charge < -0.3 is 0 Å². The second-order valence-corrected chi connectivity index (χ2v) is 1.47. The van der Waals surface area contributed by atoms with Gasteiger partial charge in [-0.15, -0.1) is 0 Å². The van der Waals surface area contributed by atoms with Gasteiger partial charge in [0.25, 0.3) is 6.09 Å². The first-order valence-corrected chi connectivity index (χ1v) is 2.01. The van der Waals surface area contributed by atoms with Crippen LogP contribution in [0.2, 0.25) is 0 Å². The summed E-state index contributed by atoms with van der Waals surface area (Å²) in [5.74, 6) is 0. The topological polar surface area (TPSA) is 48.8 Å². The lowest BCUT2D eigenvalue weighted by Crippen LogP contribution is -2.05. The molecule has 3 nitrogen and oxygen atoms in total. The molecule has 0 amide bonds. The van der Waals surface area contributed by atoms with Crippen molar-refractivity contribution < 1.29 is 4.39 Å². The SMILES string of the molecule is CC1NN1C(=N)F. The van der Waals surface area contributed by atoms with Gasteiger partial charge in [0.1, 0.15) is 6.17 Å². The Labute approximate surface area is 40.6 Å². The molecule has 1 heterocycles. The fraction of sp³-hybridized carbons (Fsp3) is 0.667. The highest BCUT2D eigenvalue weighted by Crippen LogP contribution is 2.06. The molecule has 1 atom stereocenters. The molecule has 1 saturated heterocycles. The van der Waals surface area contributed by atoms with E-state index >= 15 is 0 Å². The quantitative estimate of drug-likeness (QED) is 0.197. The number of rotatable bonds is 0. The van der Waals surface area contributed by atoms with E-state index in [9.17, 15) is 4.39 Å². The van der Waals surface area contributed by atoms with E-state index in [1.54, 1.807) is 6.92 Å². The maximum atomic E-state index is 11.6. The van der Waals surface area contributed by atoms with Gasteiger partial charge in [-0.05, 0) is 6.92 Å². The van der Waals surface area contributed by atoms with E-state index in [0.29, 0.717) is 0 Å². The molecule has 1 fully saturated rings. The highest BCUT2D eigenvalue weighted by atomic mass is 19.1. The number of hydrogen-bond acceptors (Lipinski definition) is 2. The van der Waals surface area contributed by atoms with Crippen LogP contribution in [0.5, 0.6) is 0 Å². The van der Waals surface area contributed by atoms with E-state index in [4.69, 9.17) is 5.41 Å². The maximum absolute atomic E-state index is 11.6. The Hall–Kier alpha value is -0.640. The predicted octanol–water partition coefficient (Wildman–Crippen LogP) is 0.0569. The second-order valence-electron chi connectivity index (χ2n) is 1.47. The zero-order valence-corrected chi connectivity index (χ0v) is 3.90. The molecule has 1 aliphatic rings. The summed E-state index contributed by atoms with van der Waals surface area (Å²) in [4.78, 5) is 0. The molecular formula is C3H6FN3. The molecule has 0 bridgehead atoms. The fourth-order valence-electron chi connectivity index (χ4n) is 0.395. The minimum Gasteiger partial charge on any atom is -0.257 e. The summed E-state index contributed by atoms with van der Waals surface area (Å²) < 4.78 is 11.6. The van der Waals surface area contributed by atoms with Crippen molar-refractivity contribution in [2.75, 3.05) is 0 Å². The molecule has 1 unspecified atom stereocenters. The smallest absolute Gasteiger partial charge is 0.257 e. The summed E-state index contributed by atoms with van der Waals surface area (Å²) in [5, 5.41) is 7.46. The zero-order valence-electron chi connectivity index (χ0n) is 3.90. The molecule has 1 rings (SSSR count). The van der Waals surface area contributed by atoms with Crippen LogP contribution in [0.3, 0.4) is 0 Å². The van der Waals surface area contributed by atoms with Gasteiger partial charge in [0.2, 0.25) is 0 Å².